The largest absolute Gasteiger partial charge is 0.456 e. The first-order valence-corrected chi connectivity index (χ1v) is 16.4. The van der Waals surface area contributed by atoms with Gasteiger partial charge in [0.1, 0.15) is 11.2 Å². The minimum Gasteiger partial charge on any atom is -0.456 e. The van der Waals surface area contributed by atoms with Crippen molar-refractivity contribution < 1.29 is 4.42 Å². The van der Waals surface area contributed by atoms with E-state index in [1.54, 1.807) is 0 Å². The predicted octanol–water partition coefficient (Wildman–Crippen LogP) is 12.8. The van der Waals surface area contributed by atoms with Gasteiger partial charge < -0.3 is 9.32 Å². The predicted molar refractivity (Wildman–Crippen MR) is 198 cm³/mol. The number of rotatable bonds is 3. The second-order valence-electron chi connectivity index (χ2n) is 13.3. The first kappa shape index (κ1) is 26.4. The highest BCUT2D eigenvalue weighted by atomic mass is 16.3. The Morgan fingerprint density at radius 2 is 1.17 bits per heavy atom. The summed E-state index contributed by atoms with van der Waals surface area (Å²) in [5.74, 6) is 0. The van der Waals surface area contributed by atoms with E-state index in [2.05, 4.69) is 158 Å². The lowest BCUT2D eigenvalue weighted by Gasteiger charge is -2.26. The van der Waals surface area contributed by atoms with Gasteiger partial charge in [0.25, 0.3) is 0 Å². The monoisotopic (exact) mass is 601 g/mol. The van der Waals surface area contributed by atoms with Crippen LogP contribution in [0.2, 0.25) is 0 Å². The Hall–Kier alpha value is -5.86. The van der Waals surface area contributed by atoms with Crippen molar-refractivity contribution in [2.75, 3.05) is 4.90 Å². The van der Waals surface area contributed by atoms with Gasteiger partial charge in [0, 0.05) is 22.2 Å². The van der Waals surface area contributed by atoms with Crippen molar-refractivity contribution in [3.05, 3.63) is 163 Å². The quantitative estimate of drug-likeness (QED) is 0.187. The van der Waals surface area contributed by atoms with Gasteiger partial charge in [0.15, 0.2) is 0 Å². The second kappa shape index (κ2) is 9.57. The maximum Gasteiger partial charge on any atom is 0.137 e. The Balaban J connectivity index is 1.26. The van der Waals surface area contributed by atoms with Crippen LogP contribution in [0.4, 0.5) is 17.1 Å². The molecule has 2 heteroatoms. The molecule has 0 fully saturated rings. The van der Waals surface area contributed by atoms with E-state index < -0.39 is 0 Å². The molecule has 0 saturated heterocycles. The van der Waals surface area contributed by atoms with E-state index >= 15 is 0 Å². The molecule has 0 amide bonds. The van der Waals surface area contributed by atoms with Gasteiger partial charge in [-0.2, -0.15) is 0 Å². The highest BCUT2D eigenvalue weighted by molar-refractivity contribution is 6.25. The average Bonchev–Trinajstić information content (AvgIpc) is 3.61. The van der Waals surface area contributed by atoms with E-state index in [0.717, 1.165) is 39.0 Å². The number of fused-ring (bicyclic) bond motifs is 12. The maximum absolute atomic E-state index is 6.32. The summed E-state index contributed by atoms with van der Waals surface area (Å²) in [6.07, 6.45) is 0. The van der Waals surface area contributed by atoms with Crippen LogP contribution in [0.15, 0.2) is 156 Å². The van der Waals surface area contributed by atoms with Crippen LogP contribution in [-0.4, -0.2) is 0 Å². The van der Waals surface area contributed by atoms with Gasteiger partial charge in [-0.1, -0.05) is 123 Å². The van der Waals surface area contributed by atoms with Gasteiger partial charge in [-0.25, -0.2) is 0 Å². The molecule has 2 nitrogen and oxygen atoms in total. The number of hydrogen-bond acceptors (Lipinski definition) is 2. The van der Waals surface area contributed by atoms with Crippen molar-refractivity contribution in [2.45, 2.75) is 19.3 Å². The van der Waals surface area contributed by atoms with E-state index in [0.29, 0.717) is 0 Å². The van der Waals surface area contributed by atoms with E-state index in [9.17, 15) is 0 Å². The normalized spacial score (nSPS) is 13.5. The van der Waals surface area contributed by atoms with E-state index in [1.807, 2.05) is 12.1 Å². The molecule has 1 aromatic heterocycles. The fourth-order valence-corrected chi connectivity index (χ4v) is 8.24. The van der Waals surface area contributed by atoms with Crippen molar-refractivity contribution in [3.63, 3.8) is 0 Å². The molecule has 47 heavy (non-hydrogen) atoms. The van der Waals surface area contributed by atoms with E-state index in [4.69, 9.17) is 4.42 Å². The summed E-state index contributed by atoms with van der Waals surface area (Å²) in [4.78, 5) is 2.37. The molecule has 0 saturated carbocycles. The number of furan rings is 1. The van der Waals surface area contributed by atoms with Crippen LogP contribution in [0, 0.1) is 0 Å². The van der Waals surface area contributed by atoms with Crippen LogP contribution in [-0.2, 0) is 5.41 Å². The summed E-state index contributed by atoms with van der Waals surface area (Å²) in [7, 11) is 0. The van der Waals surface area contributed by atoms with Crippen molar-refractivity contribution in [2.24, 2.45) is 0 Å². The number of nitrogens with zero attached hydrogens (tertiary/aromatic N) is 1. The molecule has 0 atom stereocenters. The summed E-state index contributed by atoms with van der Waals surface area (Å²) in [6.45, 7) is 4.72. The van der Waals surface area contributed by atoms with Crippen molar-refractivity contribution in [3.8, 4) is 11.1 Å². The van der Waals surface area contributed by atoms with Crippen LogP contribution in [0.25, 0.3) is 65.4 Å². The van der Waals surface area contributed by atoms with Gasteiger partial charge >= 0.3 is 0 Å². The fraction of sp³-hybridized carbons (Fsp3) is 0.0667. The minimum absolute atomic E-state index is 0.0471. The first-order valence-electron chi connectivity index (χ1n) is 16.4. The smallest absolute Gasteiger partial charge is 0.137 e. The third-order valence-corrected chi connectivity index (χ3v) is 10.4. The summed E-state index contributed by atoms with van der Waals surface area (Å²) in [6, 6.07) is 55.1. The second-order valence-corrected chi connectivity index (χ2v) is 13.3. The molecule has 0 radical (unpaired) electrons. The molecule has 9 aromatic rings. The zero-order chi connectivity index (χ0) is 31.3. The Bertz CT molecular complexity index is 2720. The minimum atomic E-state index is -0.0471. The highest BCUT2D eigenvalue weighted by Crippen LogP contribution is 2.53. The topological polar surface area (TPSA) is 16.4 Å². The van der Waals surface area contributed by atoms with Gasteiger partial charge in [-0.05, 0) is 97.0 Å². The summed E-state index contributed by atoms with van der Waals surface area (Å²) < 4.78 is 6.32. The van der Waals surface area contributed by atoms with Crippen molar-refractivity contribution in [1.82, 2.24) is 0 Å². The molecule has 222 valence electrons. The summed E-state index contributed by atoms with van der Waals surface area (Å²) in [5.41, 5.74) is 10.6. The van der Waals surface area contributed by atoms with Crippen LogP contribution >= 0.6 is 0 Å². The molecule has 0 aliphatic heterocycles. The van der Waals surface area contributed by atoms with E-state index in [1.165, 1.54) is 54.6 Å². The van der Waals surface area contributed by atoms with Crippen LogP contribution in [0.1, 0.15) is 25.0 Å². The van der Waals surface area contributed by atoms with Crippen LogP contribution < -0.4 is 4.90 Å². The summed E-state index contributed by atoms with van der Waals surface area (Å²) in [5, 5.41) is 9.95. The molecular weight excluding hydrogens is 571 g/mol. The summed E-state index contributed by atoms with van der Waals surface area (Å²) >= 11 is 0. The highest BCUT2D eigenvalue weighted by Gasteiger charge is 2.36. The Labute approximate surface area is 273 Å². The molecule has 10 rings (SSSR count). The SMILES string of the molecule is CC1(C)c2ccccc2-c2c1ccc1ccc3ccc4cc(N(c5ccccc5)c5cccc6oc7ccccc7c56)ccc4c3c21. The molecule has 0 unspecified atom stereocenters. The Morgan fingerprint density at radius 1 is 0.468 bits per heavy atom. The lowest BCUT2D eigenvalue weighted by Crippen LogP contribution is -2.14. The molecular formula is C45H31NO. The Morgan fingerprint density at radius 3 is 2.04 bits per heavy atom. The van der Waals surface area contributed by atoms with Crippen molar-refractivity contribution >= 4 is 71.3 Å². The third-order valence-electron chi connectivity index (χ3n) is 10.4. The molecule has 8 aromatic carbocycles. The lowest BCUT2D eigenvalue weighted by atomic mass is 9.81. The number of anilines is 3. The molecule has 1 aliphatic rings. The molecule has 0 N–H and O–H groups in total. The van der Waals surface area contributed by atoms with Gasteiger partial charge in [-0.15, -0.1) is 0 Å². The maximum atomic E-state index is 6.32. The first-order chi connectivity index (χ1) is 23.1. The Kier molecular flexibility index (Phi) is 5.37. The van der Waals surface area contributed by atoms with Crippen LogP contribution in [0.5, 0.6) is 0 Å². The fourth-order valence-electron chi connectivity index (χ4n) is 8.24. The van der Waals surface area contributed by atoms with Gasteiger partial charge in [0.2, 0.25) is 0 Å². The van der Waals surface area contributed by atoms with E-state index in [-0.39, 0.29) is 5.41 Å². The number of hydrogen-bond donors (Lipinski definition) is 0. The third kappa shape index (κ3) is 3.67. The standard InChI is InChI=1S/C45H31NO/c1-45(2)36-15-8-6-13-34(36)43-37(45)26-23-29-20-19-28-21-22-30-27-32(24-25-33(30)41(28)42(29)43)46(31-11-4-3-5-12-31)38-16-10-18-40-44(38)35-14-7-9-17-39(35)47-40/h3-27H,1-2H3. The average molecular weight is 602 g/mol. The molecule has 1 heterocycles. The molecule has 1 aliphatic carbocycles. The zero-order valence-corrected chi connectivity index (χ0v) is 26.3. The zero-order valence-electron chi connectivity index (χ0n) is 26.3. The van der Waals surface area contributed by atoms with Gasteiger partial charge in [0.05, 0.1) is 11.1 Å². The molecule has 0 spiro atoms. The van der Waals surface area contributed by atoms with Crippen LogP contribution in [0.3, 0.4) is 0 Å². The van der Waals surface area contributed by atoms with Crippen molar-refractivity contribution in [1.29, 1.82) is 0 Å². The lowest BCUT2D eigenvalue weighted by molar-refractivity contribution is 0.661. The number of para-hydroxylation sites is 2. The number of benzene rings is 8. The molecule has 0 bridgehead atoms. The van der Waals surface area contributed by atoms with Gasteiger partial charge in [-0.3, -0.25) is 0 Å².